The summed E-state index contributed by atoms with van der Waals surface area (Å²) < 4.78 is 15.5. The molecule has 0 aromatic carbocycles. The monoisotopic (exact) mass is 440 g/mol. The van der Waals surface area contributed by atoms with E-state index in [0.717, 1.165) is 25.0 Å². The van der Waals surface area contributed by atoms with Gasteiger partial charge in [0, 0.05) is 6.42 Å². The highest BCUT2D eigenvalue weighted by molar-refractivity contribution is 6.75. The summed E-state index contributed by atoms with van der Waals surface area (Å²) in [4.78, 5) is 13.5. The Kier molecular flexibility index (Phi) is 8.48. The van der Waals surface area contributed by atoms with Crippen LogP contribution >= 0.6 is 0 Å². The molecule has 1 aliphatic rings. The van der Waals surface area contributed by atoms with Crippen molar-refractivity contribution in [3.05, 3.63) is 12.7 Å². The molecule has 29 heavy (non-hydrogen) atoms. The lowest BCUT2D eigenvalue weighted by molar-refractivity contribution is -0.437. The minimum atomic E-state index is -2.14. The Hall–Kier alpha value is -0.566. The first-order valence-corrected chi connectivity index (χ1v) is 17.0. The number of carbonyl (C=O) groups is 1. The minimum absolute atomic E-state index is 0.0320. The molecule has 0 aromatic heterocycles. The van der Waals surface area contributed by atoms with Gasteiger partial charge in [-0.15, -0.1) is 0 Å². The number of nitrogens with zero attached hydrogens (tertiary/aromatic N) is 1. The van der Waals surface area contributed by atoms with E-state index in [4.69, 9.17) is 8.85 Å². The summed E-state index contributed by atoms with van der Waals surface area (Å²) in [5.41, 5.74) is 1.09. The molecule has 2 atom stereocenters. The molecule has 0 unspecified atom stereocenters. The average Bonchev–Trinajstić information content (AvgIpc) is 2.76. The molecule has 0 radical (unpaired) electrons. The first-order chi connectivity index (χ1) is 13.0. The van der Waals surface area contributed by atoms with E-state index < -0.39 is 22.7 Å². The summed E-state index contributed by atoms with van der Waals surface area (Å²) in [5, 5.41) is 0.101. The van der Waals surface area contributed by atoms with Crippen LogP contribution in [0.4, 0.5) is 0 Å². The fraction of sp³-hybridized carbons (Fsp3) is 0.826. The molecule has 0 saturated carbocycles. The molecule has 0 saturated heterocycles. The second-order valence-electron chi connectivity index (χ2n) is 11.4. The molecule has 0 N–H and O–H groups in total. The number of hydrogen-bond acceptors (Lipinski definition) is 3. The number of rotatable bonds is 9. The van der Waals surface area contributed by atoms with Crippen molar-refractivity contribution in [2.45, 2.75) is 116 Å². The summed E-state index contributed by atoms with van der Waals surface area (Å²) in [6.45, 7) is 28.9. The van der Waals surface area contributed by atoms with Gasteiger partial charge in [-0.2, -0.15) is 4.58 Å². The number of hydrogen-bond donors (Lipinski definition) is 0. The van der Waals surface area contributed by atoms with Gasteiger partial charge < -0.3 is 8.85 Å². The quantitative estimate of drug-likeness (QED) is 0.246. The van der Waals surface area contributed by atoms with Crippen LogP contribution in [0.5, 0.6) is 0 Å². The Morgan fingerprint density at radius 3 is 1.79 bits per heavy atom. The second kappa shape index (κ2) is 9.29. The van der Waals surface area contributed by atoms with Crippen molar-refractivity contribution in [1.82, 2.24) is 0 Å². The lowest BCUT2D eigenvalue weighted by Crippen LogP contribution is -2.53. The molecule has 6 heteroatoms. The predicted octanol–water partition coefficient (Wildman–Crippen LogP) is 6.14. The molecular formula is C23H46NO3Si2+. The van der Waals surface area contributed by atoms with E-state index in [1.807, 2.05) is 10.7 Å². The maximum Gasteiger partial charge on any atom is 0.418 e. The van der Waals surface area contributed by atoms with Crippen LogP contribution < -0.4 is 0 Å². The molecule has 0 fully saturated rings. The van der Waals surface area contributed by atoms with Gasteiger partial charge in [-0.1, -0.05) is 61.5 Å². The van der Waals surface area contributed by atoms with Crippen LogP contribution in [0.25, 0.3) is 0 Å². The summed E-state index contributed by atoms with van der Waals surface area (Å²) >= 11 is 0. The molecule has 1 aliphatic heterocycles. The van der Waals surface area contributed by atoms with Gasteiger partial charge in [-0.3, -0.25) is 0 Å². The SMILES string of the molecule is C=CC[N+]1=C(CCCC)[C@@H](O[Si](C)(C)C(C)(C)C)[C@H](O[Si](C)(C)C(C)(C)C)C1=O. The highest BCUT2D eigenvalue weighted by Gasteiger charge is 2.56. The molecule has 0 aromatic rings. The van der Waals surface area contributed by atoms with Crippen molar-refractivity contribution < 1.29 is 18.2 Å². The maximum absolute atomic E-state index is 13.5. The van der Waals surface area contributed by atoms with Gasteiger partial charge in [0.2, 0.25) is 6.10 Å². The Labute approximate surface area is 182 Å². The fourth-order valence-electron chi connectivity index (χ4n) is 2.95. The van der Waals surface area contributed by atoms with Gasteiger partial charge in [0.15, 0.2) is 35.0 Å². The van der Waals surface area contributed by atoms with Crippen LogP contribution in [0.15, 0.2) is 12.7 Å². The van der Waals surface area contributed by atoms with E-state index in [1.165, 1.54) is 0 Å². The van der Waals surface area contributed by atoms with Crippen molar-refractivity contribution in [3.8, 4) is 0 Å². The fourth-order valence-corrected chi connectivity index (χ4v) is 5.42. The third kappa shape index (κ3) is 5.99. The Morgan fingerprint density at radius 1 is 0.966 bits per heavy atom. The zero-order valence-corrected chi connectivity index (χ0v) is 22.9. The van der Waals surface area contributed by atoms with Gasteiger partial charge in [0.05, 0.1) is 0 Å². The first kappa shape index (κ1) is 26.5. The third-order valence-corrected chi connectivity index (χ3v) is 15.9. The molecule has 0 spiro atoms. The second-order valence-corrected chi connectivity index (χ2v) is 20.9. The van der Waals surface area contributed by atoms with Crippen LogP contribution in [-0.4, -0.2) is 51.6 Å². The van der Waals surface area contributed by atoms with Crippen LogP contribution in [0, 0.1) is 0 Å². The third-order valence-electron chi connectivity index (χ3n) is 7.01. The zero-order valence-electron chi connectivity index (χ0n) is 20.9. The molecule has 1 rings (SSSR count). The molecular weight excluding hydrogens is 394 g/mol. The lowest BCUT2D eigenvalue weighted by Gasteiger charge is -2.41. The Balaban J connectivity index is 3.45. The largest absolute Gasteiger partial charge is 0.418 e. The van der Waals surface area contributed by atoms with Gasteiger partial charge in [0.1, 0.15) is 0 Å². The first-order valence-electron chi connectivity index (χ1n) is 11.1. The smallest absolute Gasteiger partial charge is 0.402 e. The predicted molar refractivity (Wildman–Crippen MR) is 129 cm³/mol. The van der Waals surface area contributed by atoms with Crippen molar-refractivity contribution in [2.75, 3.05) is 6.54 Å². The van der Waals surface area contributed by atoms with Gasteiger partial charge in [-0.25, -0.2) is 4.79 Å². The molecule has 168 valence electrons. The molecule has 1 heterocycles. The molecule has 0 bridgehead atoms. The van der Waals surface area contributed by atoms with Crippen LogP contribution in [0.2, 0.25) is 36.3 Å². The van der Waals surface area contributed by atoms with E-state index >= 15 is 0 Å². The van der Waals surface area contributed by atoms with Crippen molar-refractivity contribution in [3.63, 3.8) is 0 Å². The van der Waals surface area contributed by atoms with Gasteiger partial charge in [-0.05, 0) is 48.8 Å². The van der Waals surface area contributed by atoms with E-state index in [0.29, 0.717) is 6.54 Å². The van der Waals surface area contributed by atoms with Crippen molar-refractivity contribution >= 4 is 28.3 Å². The zero-order chi connectivity index (χ0) is 22.8. The van der Waals surface area contributed by atoms with E-state index in [-0.39, 0.29) is 22.1 Å². The summed E-state index contributed by atoms with van der Waals surface area (Å²) in [5.74, 6) is 0.0459. The van der Waals surface area contributed by atoms with E-state index in [9.17, 15) is 4.79 Å². The lowest BCUT2D eigenvalue weighted by atomic mass is 10.1. The maximum atomic E-state index is 13.5. The standard InChI is InChI=1S/C23H46NO3Si2/c1-13-15-16-18-19(26-28(9,10)22(3,4)5)20(21(25)24(18)17-14-2)27-29(11,12)23(6,7)8/h14,19-20H,2,13,15-17H2,1,3-12H3/q+1/t19-,20+/m1/s1. The highest BCUT2D eigenvalue weighted by Crippen LogP contribution is 2.41. The summed E-state index contributed by atoms with van der Waals surface area (Å²) in [6, 6.07) is 0. The van der Waals surface area contributed by atoms with Crippen LogP contribution in [0.3, 0.4) is 0 Å². The summed E-state index contributed by atoms with van der Waals surface area (Å²) in [7, 11) is -4.23. The Morgan fingerprint density at radius 2 is 1.41 bits per heavy atom. The van der Waals surface area contributed by atoms with Crippen LogP contribution in [-0.2, 0) is 13.6 Å². The highest BCUT2D eigenvalue weighted by atomic mass is 28.4. The number of unbranched alkanes of at least 4 members (excludes halogenated alkanes) is 1. The van der Waals surface area contributed by atoms with Gasteiger partial charge in [0.25, 0.3) is 0 Å². The minimum Gasteiger partial charge on any atom is -0.402 e. The van der Waals surface area contributed by atoms with Crippen molar-refractivity contribution in [2.24, 2.45) is 0 Å². The van der Waals surface area contributed by atoms with Crippen LogP contribution in [0.1, 0.15) is 67.7 Å². The summed E-state index contributed by atoms with van der Waals surface area (Å²) in [6.07, 6.45) is 3.97. The molecule has 1 amide bonds. The number of carbonyl (C=O) groups excluding carboxylic acids is 1. The molecule has 0 aliphatic carbocycles. The molecule has 4 nitrogen and oxygen atoms in total. The van der Waals surface area contributed by atoms with Crippen molar-refractivity contribution in [1.29, 1.82) is 0 Å². The Bertz CT molecular complexity index is 639. The van der Waals surface area contributed by atoms with E-state index in [1.54, 1.807) is 0 Å². The van der Waals surface area contributed by atoms with Gasteiger partial charge >= 0.3 is 5.91 Å². The normalized spacial score (nSPS) is 21.8. The average molecular weight is 441 g/mol. The number of amides is 1. The van der Waals surface area contributed by atoms with E-state index in [2.05, 4.69) is 81.2 Å². The topological polar surface area (TPSA) is 38.5 Å².